The summed E-state index contributed by atoms with van der Waals surface area (Å²) in [4.78, 5) is 40.5. The molecule has 1 N–H and O–H groups in total. The molecule has 0 radical (unpaired) electrons. The zero-order valence-electron chi connectivity index (χ0n) is 16.3. The highest BCUT2D eigenvalue weighted by Gasteiger charge is 2.28. The van der Waals surface area contributed by atoms with Gasteiger partial charge in [-0.2, -0.15) is 0 Å². The van der Waals surface area contributed by atoms with Crippen LogP contribution < -0.4 is 5.32 Å². The molecule has 29 heavy (non-hydrogen) atoms. The molecule has 152 valence electrons. The van der Waals surface area contributed by atoms with Gasteiger partial charge < -0.3 is 19.5 Å². The summed E-state index contributed by atoms with van der Waals surface area (Å²) < 4.78 is 4.98. The molecule has 2 aliphatic heterocycles. The lowest BCUT2D eigenvalue weighted by Gasteiger charge is -2.31. The second-order valence-corrected chi connectivity index (χ2v) is 7.69. The molecule has 7 nitrogen and oxygen atoms in total. The molecular weight excluding hydrogens is 370 g/mol. The average Bonchev–Trinajstić information content (AvgIpc) is 3.40. The Labute approximate surface area is 169 Å². The quantitative estimate of drug-likeness (QED) is 0.844. The van der Waals surface area contributed by atoms with Gasteiger partial charge in [-0.3, -0.25) is 14.4 Å². The number of carbonyl (C=O) groups is 3. The number of anilines is 1. The van der Waals surface area contributed by atoms with Crippen LogP contribution in [0.25, 0.3) is 0 Å². The predicted molar refractivity (Wildman–Crippen MR) is 107 cm³/mol. The van der Waals surface area contributed by atoms with E-state index in [1.807, 2.05) is 29.2 Å². The fraction of sp³-hybridized carbons (Fsp3) is 0.409. The lowest BCUT2D eigenvalue weighted by atomic mass is 9.95. The number of piperidine rings is 1. The van der Waals surface area contributed by atoms with Crippen molar-refractivity contribution >= 4 is 23.4 Å². The number of nitrogens with zero attached hydrogens (tertiary/aromatic N) is 2. The minimum absolute atomic E-state index is 0.0187. The largest absolute Gasteiger partial charge is 0.472 e. The maximum absolute atomic E-state index is 12.7. The monoisotopic (exact) mass is 395 g/mol. The Morgan fingerprint density at radius 2 is 1.97 bits per heavy atom. The van der Waals surface area contributed by atoms with Gasteiger partial charge in [0.2, 0.25) is 11.8 Å². The van der Waals surface area contributed by atoms with Gasteiger partial charge >= 0.3 is 0 Å². The fourth-order valence-electron chi connectivity index (χ4n) is 4.00. The number of benzene rings is 1. The van der Waals surface area contributed by atoms with Crippen LogP contribution >= 0.6 is 0 Å². The van der Waals surface area contributed by atoms with Crippen LogP contribution in [0.3, 0.4) is 0 Å². The first-order valence-electron chi connectivity index (χ1n) is 10.1. The van der Waals surface area contributed by atoms with Crippen LogP contribution in [-0.4, -0.2) is 47.2 Å². The van der Waals surface area contributed by atoms with Crippen molar-refractivity contribution in [2.45, 2.75) is 32.2 Å². The minimum atomic E-state index is -0.118. The summed E-state index contributed by atoms with van der Waals surface area (Å²) in [5.41, 5.74) is 2.30. The van der Waals surface area contributed by atoms with E-state index >= 15 is 0 Å². The predicted octanol–water partition coefficient (Wildman–Crippen LogP) is 2.89. The SMILES string of the molecule is O=C(Nc1cccc(CN2CCCC2=O)c1)C1CCN(C(=O)c2ccoc2)CC1. The third kappa shape index (κ3) is 4.50. The van der Waals surface area contributed by atoms with Gasteiger partial charge in [0.1, 0.15) is 6.26 Å². The van der Waals surface area contributed by atoms with Crippen molar-refractivity contribution in [2.75, 3.05) is 25.0 Å². The first kappa shape index (κ1) is 19.2. The normalized spacial score (nSPS) is 17.6. The maximum Gasteiger partial charge on any atom is 0.257 e. The van der Waals surface area contributed by atoms with Crippen molar-refractivity contribution in [3.63, 3.8) is 0 Å². The number of carbonyl (C=O) groups excluding carboxylic acids is 3. The van der Waals surface area contributed by atoms with Crippen LogP contribution in [0.15, 0.2) is 47.3 Å². The molecule has 0 spiro atoms. The summed E-state index contributed by atoms with van der Waals surface area (Å²) >= 11 is 0. The molecule has 2 saturated heterocycles. The lowest BCUT2D eigenvalue weighted by molar-refractivity contribution is -0.128. The molecule has 7 heteroatoms. The Morgan fingerprint density at radius 1 is 1.14 bits per heavy atom. The van der Waals surface area contributed by atoms with Crippen molar-refractivity contribution in [3.8, 4) is 0 Å². The minimum Gasteiger partial charge on any atom is -0.472 e. The number of rotatable bonds is 5. The molecule has 0 atom stereocenters. The van der Waals surface area contributed by atoms with E-state index in [1.54, 1.807) is 11.0 Å². The molecule has 0 unspecified atom stereocenters. The summed E-state index contributed by atoms with van der Waals surface area (Å²) in [5, 5.41) is 3.00. The molecule has 2 fully saturated rings. The molecular formula is C22H25N3O4. The number of nitrogens with one attached hydrogen (secondary N) is 1. The molecule has 1 aromatic carbocycles. The van der Waals surface area contributed by atoms with Gasteiger partial charge in [0.25, 0.3) is 5.91 Å². The lowest BCUT2D eigenvalue weighted by Crippen LogP contribution is -2.41. The molecule has 1 aromatic heterocycles. The van der Waals surface area contributed by atoms with Gasteiger partial charge in [0, 0.05) is 44.2 Å². The fourth-order valence-corrected chi connectivity index (χ4v) is 4.00. The first-order valence-corrected chi connectivity index (χ1v) is 10.1. The Hall–Kier alpha value is -3.09. The molecule has 0 saturated carbocycles. The van der Waals surface area contributed by atoms with Crippen LogP contribution in [0.2, 0.25) is 0 Å². The van der Waals surface area contributed by atoms with E-state index in [0.717, 1.165) is 24.2 Å². The summed E-state index contributed by atoms with van der Waals surface area (Å²) in [7, 11) is 0. The van der Waals surface area contributed by atoms with Gasteiger partial charge in [-0.05, 0) is 43.0 Å². The highest BCUT2D eigenvalue weighted by molar-refractivity contribution is 5.95. The molecule has 2 aromatic rings. The van der Waals surface area contributed by atoms with Crippen molar-refractivity contribution in [2.24, 2.45) is 5.92 Å². The Bertz CT molecular complexity index is 885. The van der Waals surface area contributed by atoms with Gasteiger partial charge in [-0.15, -0.1) is 0 Å². The number of hydrogen-bond acceptors (Lipinski definition) is 4. The Kier molecular flexibility index (Phi) is 5.64. The van der Waals surface area contributed by atoms with Crippen LogP contribution in [0.1, 0.15) is 41.6 Å². The number of furan rings is 1. The van der Waals surface area contributed by atoms with Gasteiger partial charge in [-0.1, -0.05) is 12.1 Å². The zero-order chi connectivity index (χ0) is 20.2. The standard InChI is InChI=1S/C22H25N3O4/c26-20-5-2-9-25(20)14-16-3-1-4-19(13-16)23-21(27)17-6-10-24(11-7-17)22(28)18-8-12-29-15-18/h1,3-4,8,12-13,15,17H,2,5-7,9-11,14H2,(H,23,27). The Morgan fingerprint density at radius 3 is 2.66 bits per heavy atom. The maximum atomic E-state index is 12.7. The van der Waals surface area contributed by atoms with Gasteiger partial charge in [-0.25, -0.2) is 0 Å². The molecule has 4 rings (SSSR count). The number of hydrogen-bond donors (Lipinski definition) is 1. The van der Waals surface area contributed by atoms with Crippen molar-refractivity contribution < 1.29 is 18.8 Å². The second-order valence-electron chi connectivity index (χ2n) is 7.69. The summed E-state index contributed by atoms with van der Waals surface area (Å²) in [5.74, 6) is -0.0000372. The summed E-state index contributed by atoms with van der Waals surface area (Å²) in [6.45, 7) is 2.49. The number of amides is 3. The Balaban J connectivity index is 1.30. The first-order chi connectivity index (χ1) is 14.1. The van der Waals surface area contributed by atoms with Crippen molar-refractivity contribution in [1.29, 1.82) is 0 Å². The summed E-state index contributed by atoms with van der Waals surface area (Å²) in [6.07, 6.45) is 5.75. The molecule has 2 aliphatic rings. The second kappa shape index (κ2) is 8.51. The third-order valence-electron chi connectivity index (χ3n) is 5.66. The number of likely N-dealkylation sites (tertiary alicyclic amines) is 2. The van der Waals surface area contributed by atoms with E-state index in [2.05, 4.69) is 5.32 Å². The average molecular weight is 395 g/mol. The van der Waals surface area contributed by atoms with E-state index in [0.29, 0.717) is 44.5 Å². The highest BCUT2D eigenvalue weighted by atomic mass is 16.3. The van der Waals surface area contributed by atoms with E-state index in [1.165, 1.54) is 12.5 Å². The zero-order valence-corrected chi connectivity index (χ0v) is 16.3. The van der Waals surface area contributed by atoms with E-state index < -0.39 is 0 Å². The molecule has 0 aliphatic carbocycles. The smallest absolute Gasteiger partial charge is 0.257 e. The molecule has 3 amide bonds. The topological polar surface area (TPSA) is 82.9 Å². The van der Waals surface area contributed by atoms with E-state index in [9.17, 15) is 14.4 Å². The van der Waals surface area contributed by atoms with E-state index in [-0.39, 0.29) is 23.6 Å². The van der Waals surface area contributed by atoms with Gasteiger partial charge in [0.05, 0.1) is 11.8 Å². The van der Waals surface area contributed by atoms with Crippen LogP contribution in [0, 0.1) is 5.92 Å². The van der Waals surface area contributed by atoms with E-state index in [4.69, 9.17) is 4.42 Å². The van der Waals surface area contributed by atoms with Crippen LogP contribution in [0.4, 0.5) is 5.69 Å². The summed E-state index contributed by atoms with van der Waals surface area (Å²) in [6, 6.07) is 9.33. The molecule has 0 bridgehead atoms. The molecule has 3 heterocycles. The highest BCUT2D eigenvalue weighted by Crippen LogP contribution is 2.22. The van der Waals surface area contributed by atoms with Crippen molar-refractivity contribution in [3.05, 3.63) is 54.0 Å². The van der Waals surface area contributed by atoms with Crippen molar-refractivity contribution in [1.82, 2.24) is 9.80 Å². The van der Waals surface area contributed by atoms with Crippen LogP contribution in [-0.2, 0) is 16.1 Å². The third-order valence-corrected chi connectivity index (χ3v) is 5.66. The van der Waals surface area contributed by atoms with Crippen LogP contribution in [0.5, 0.6) is 0 Å². The van der Waals surface area contributed by atoms with Gasteiger partial charge in [0.15, 0.2) is 0 Å².